The summed E-state index contributed by atoms with van der Waals surface area (Å²) in [5.41, 5.74) is 0.966. The Morgan fingerprint density at radius 3 is 1.92 bits per heavy atom. The van der Waals surface area contributed by atoms with Crippen LogP contribution in [-0.2, 0) is 0 Å². The van der Waals surface area contributed by atoms with Crippen LogP contribution in [0.2, 0.25) is 15.1 Å². The summed E-state index contributed by atoms with van der Waals surface area (Å²) >= 11 is 18.0. The van der Waals surface area contributed by atoms with E-state index in [4.69, 9.17) is 34.8 Å². The average molecular weight is 398 g/mol. The van der Waals surface area contributed by atoms with Gasteiger partial charge in [0.05, 0.1) is 20.6 Å². The Morgan fingerprint density at radius 1 is 0.720 bits per heavy atom. The molecule has 25 heavy (non-hydrogen) atoms. The number of rotatable bonds is 2. The van der Waals surface area contributed by atoms with E-state index >= 15 is 0 Å². The van der Waals surface area contributed by atoms with Gasteiger partial charge in [-0.25, -0.2) is 0 Å². The lowest BCUT2D eigenvalue weighted by atomic mass is 10.1. The second kappa shape index (κ2) is 7.65. The maximum Gasteiger partial charge on any atom is 0.255 e. The first-order valence-corrected chi connectivity index (χ1v) is 8.89. The molecule has 1 saturated heterocycles. The molecular formula is C18H15Cl3N2O2. The summed E-state index contributed by atoms with van der Waals surface area (Å²) in [6, 6.07) is 11.8. The minimum Gasteiger partial charge on any atom is -0.335 e. The van der Waals surface area contributed by atoms with Gasteiger partial charge in [0.15, 0.2) is 0 Å². The van der Waals surface area contributed by atoms with Crippen molar-refractivity contribution in [3.8, 4) is 0 Å². The zero-order valence-corrected chi connectivity index (χ0v) is 15.5. The Bertz CT molecular complexity index is 818. The molecule has 1 aliphatic heterocycles. The third kappa shape index (κ3) is 3.92. The zero-order chi connectivity index (χ0) is 18.0. The molecule has 1 heterocycles. The van der Waals surface area contributed by atoms with Crippen LogP contribution in [0, 0.1) is 0 Å². The van der Waals surface area contributed by atoms with Crippen LogP contribution in [0.1, 0.15) is 20.7 Å². The van der Waals surface area contributed by atoms with Crippen molar-refractivity contribution in [2.75, 3.05) is 26.2 Å². The first kappa shape index (κ1) is 18.1. The highest BCUT2D eigenvalue weighted by atomic mass is 35.5. The van der Waals surface area contributed by atoms with Crippen LogP contribution < -0.4 is 0 Å². The van der Waals surface area contributed by atoms with E-state index in [2.05, 4.69) is 0 Å². The number of benzene rings is 2. The van der Waals surface area contributed by atoms with Gasteiger partial charge in [0.25, 0.3) is 11.8 Å². The van der Waals surface area contributed by atoms with Gasteiger partial charge in [-0.15, -0.1) is 0 Å². The lowest BCUT2D eigenvalue weighted by Crippen LogP contribution is -2.50. The van der Waals surface area contributed by atoms with Gasteiger partial charge in [-0.1, -0.05) is 46.9 Å². The van der Waals surface area contributed by atoms with E-state index in [0.29, 0.717) is 52.4 Å². The standard InChI is InChI=1S/C18H15Cl3N2O2/c19-14-4-2-1-3-13(14)18(25)23-9-7-22(8-10-23)17(24)12-5-6-15(20)16(21)11-12/h1-6,11H,7-10H2. The molecule has 0 bridgehead atoms. The summed E-state index contributed by atoms with van der Waals surface area (Å²) in [7, 11) is 0. The van der Waals surface area contributed by atoms with Crippen molar-refractivity contribution in [2.45, 2.75) is 0 Å². The van der Waals surface area contributed by atoms with Crippen LogP contribution in [0.25, 0.3) is 0 Å². The van der Waals surface area contributed by atoms with Gasteiger partial charge < -0.3 is 9.80 Å². The molecule has 0 N–H and O–H groups in total. The summed E-state index contributed by atoms with van der Waals surface area (Å²) in [5.74, 6) is -0.240. The van der Waals surface area contributed by atoms with Crippen molar-refractivity contribution in [3.05, 3.63) is 68.7 Å². The molecule has 0 aliphatic carbocycles. The highest BCUT2D eigenvalue weighted by molar-refractivity contribution is 6.42. The van der Waals surface area contributed by atoms with Crippen LogP contribution in [0.3, 0.4) is 0 Å². The predicted molar refractivity (Wildman–Crippen MR) is 99.7 cm³/mol. The van der Waals surface area contributed by atoms with Crippen molar-refractivity contribution in [1.29, 1.82) is 0 Å². The normalized spacial score (nSPS) is 14.5. The third-order valence-corrected chi connectivity index (χ3v) is 5.19. The largest absolute Gasteiger partial charge is 0.335 e. The molecule has 3 rings (SSSR count). The molecule has 2 amide bonds. The van der Waals surface area contributed by atoms with Crippen molar-refractivity contribution in [3.63, 3.8) is 0 Å². The SMILES string of the molecule is O=C(c1ccc(Cl)c(Cl)c1)N1CCN(C(=O)c2ccccc2Cl)CC1. The van der Waals surface area contributed by atoms with E-state index in [-0.39, 0.29) is 11.8 Å². The molecule has 2 aromatic carbocycles. The molecule has 0 radical (unpaired) electrons. The predicted octanol–water partition coefficient (Wildman–Crippen LogP) is 4.25. The number of nitrogens with zero attached hydrogens (tertiary/aromatic N) is 2. The number of hydrogen-bond donors (Lipinski definition) is 0. The van der Waals surface area contributed by atoms with Gasteiger partial charge in [0, 0.05) is 31.7 Å². The van der Waals surface area contributed by atoms with Crippen molar-refractivity contribution in [2.24, 2.45) is 0 Å². The topological polar surface area (TPSA) is 40.6 Å². The van der Waals surface area contributed by atoms with Crippen molar-refractivity contribution < 1.29 is 9.59 Å². The summed E-state index contributed by atoms with van der Waals surface area (Å²) < 4.78 is 0. The maximum atomic E-state index is 12.6. The number of piperazine rings is 1. The summed E-state index contributed by atoms with van der Waals surface area (Å²) in [6.45, 7) is 1.82. The van der Waals surface area contributed by atoms with Crippen LogP contribution in [0.5, 0.6) is 0 Å². The maximum absolute atomic E-state index is 12.6. The van der Waals surface area contributed by atoms with Gasteiger partial charge in [0.1, 0.15) is 0 Å². The highest BCUT2D eigenvalue weighted by Crippen LogP contribution is 2.24. The van der Waals surface area contributed by atoms with Gasteiger partial charge in [-0.2, -0.15) is 0 Å². The quantitative estimate of drug-likeness (QED) is 0.760. The van der Waals surface area contributed by atoms with Gasteiger partial charge in [0.2, 0.25) is 0 Å². The molecule has 0 spiro atoms. The number of amides is 2. The Labute approximate surface area is 160 Å². The lowest BCUT2D eigenvalue weighted by molar-refractivity contribution is 0.0535. The molecule has 1 fully saturated rings. The van der Waals surface area contributed by atoms with E-state index in [1.54, 1.807) is 52.3 Å². The fraction of sp³-hybridized carbons (Fsp3) is 0.222. The Kier molecular flexibility index (Phi) is 5.52. The Hall–Kier alpha value is -1.75. The zero-order valence-electron chi connectivity index (χ0n) is 13.2. The number of carbonyl (C=O) groups excluding carboxylic acids is 2. The number of halogens is 3. The first-order valence-electron chi connectivity index (χ1n) is 7.75. The number of carbonyl (C=O) groups is 2. The minimum absolute atomic E-state index is 0.118. The fourth-order valence-electron chi connectivity index (χ4n) is 2.73. The summed E-state index contributed by atoms with van der Waals surface area (Å²) in [4.78, 5) is 28.5. The summed E-state index contributed by atoms with van der Waals surface area (Å²) in [5, 5.41) is 1.19. The number of hydrogen-bond acceptors (Lipinski definition) is 2. The van der Waals surface area contributed by atoms with E-state index in [1.165, 1.54) is 0 Å². The first-order chi connectivity index (χ1) is 12.0. The molecule has 0 atom stereocenters. The van der Waals surface area contributed by atoms with Crippen LogP contribution in [0.4, 0.5) is 0 Å². The van der Waals surface area contributed by atoms with Gasteiger partial charge in [-0.3, -0.25) is 9.59 Å². The molecule has 0 saturated carbocycles. The highest BCUT2D eigenvalue weighted by Gasteiger charge is 2.26. The van der Waals surface area contributed by atoms with E-state index in [9.17, 15) is 9.59 Å². The summed E-state index contributed by atoms with van der Waals surface area (Å²) in [6.07, 6.45) is 0. The van der Waals surface area contributed by atoms with Crippen LogP contribution in [0.15, 0.2) is 42.5 Å². The van der Waals surface area contributed by atoms with E-state index in [1.807, 2.05) is 0 Å². The third-order valence-electron chi connectivity index (χ3n) is 4.12. The monoisotopic (exact) mass is 396 g/mol. The molecule has 4 nitrogen and oxygen atoms in total. The van der Waals surface area contributed by atoms with Crippen molar-refractivity contribution >= 4 is 46.6 Å². The molecule has 7 heteroatoms. The molecule has 130 valence electrons. The molecular weight excluding hydrogens is 383 g/mol. The van der Waals surface area contributed by atoms with Crippen LogP contribution in [-0.4, -0.2) is 47.8 Å². The Morgan fingerprint density at radius 2 is 1.32 bits per heavy atom. The molecule has 2 aromatic rings. The van der Waals surface area contributed by atoms with E-state index < -0.39 is 0 Å². The van der Waals surface area contributed by atoms with Gasteiger partial charge >= 0.3 is 0 Å². The van der Waals surface area contributed by atoms with Crippen molar-refractivity contribution in [1.82, 2.24) is 9.80 Å². The Balaban J connectivity index is 1.65. The average Bonchev–Trinajstić information content (AvgIpc) is 2.63. The lowest BCUT2D eigenvalue weighted by Gasteiger charge is -2.35. The van der Waals surface area contributed by atoms with E-state index in [0.717, 1.165) is 0 Å². The van der Waals surface area contributed by atoms with Crippen LogP contribution >= 0.6 is 34.8 Å². The fourth-order valence-corrected chi connectivity index (χ4v) is 3.24. The second-order valence-corrected chi connectivity index (χ2v) is 6.91. The van der Waals surface area contributed by atoms with Gasteiger partial charge in [-0.05, 0) is 30.3 Å². The molecule has 1 aliphatic rings. The molecule has 0 unspecified atom stereocenters. The smallest absolute Gasteiger partial charge is 0.255 e. The minimum atomic E-state index is -0.122. The second-order valence-electron chi connectivity index (χ2n) is 5.69. The molecule has 0 aromatic heterocycles.